The molecule has 2 rings (SSSR count). The lowest BCUT2D eigenvalue weighted by Gasteiger charge is -2.39. The Morgan fingerprint density at radius 2 is 2.06 bits per heavy atom. The van der Waals surface area contributed by atoms with Crippen LogP contribution in [0.2, 0.25) is 0 Å². The molecule has 3 heteroatoms. The van der Waals surface area contributed by atoms with Gasteiger partial charge in [-0.3, -0.25) is 4.79 Å². The second-order valence-corrected chi connectivity index (χ2v) is 5.42. The summed E-state index contributed by atoms with van der Waals surface area (Å²) in [5.74, 6) is -1.26. The molecule has 0 aliphatic carbocycles. The second-order valence-electron chi connectivity index (χ2n) is 5.42. The van der Waals surface area contributed by atoms with Gasteiger partial charge in [-0.25, -0.2) is 0 Å². The van der Waals surface area contributed by atoms with Gasteiger partial charge in [0.15, 0.2) is 0 Å². The predicted molar refractivity (Wildman–Crippen MR) is 74.0 cm³/mol. The van der Waals surface area contributed by atoms with Gasteiger partial charge in [0.1, 0.15) is 0 Å². The van der Waals surface area contributed by atoms with Gasteiger partial charge in [-0.2, -0.15) is 0 Å². The SMILES string of the molecule is CC(C(=O)O)c1ccc2c(c1)C=CC(C)(C)N2C. The topological polar surface area (TPSA) is 40.5 Å². The predicted octanol–water partition coefficient (Wildman–Crippen LogP) is 3.12. The molecule has 0 fully saturated rings. The average molecular weight is 245 g/mol. The van der Waals surface area contributed by atoms with Gasteiger partial charge in [0.2, 0.25) is 0 Å². The van der Waals surface area contributed by atoms with Crippen molar-refractivity contribution in [3.05, 3.63) is 35.4 Å². The fourth-order valence-electron chi connectivity index (χ4n) is 2.14. The van der Waals surface area contributed by atoms with Crippen LogP contribution in [0.15, 0.2) is 24.3 Å². The zero-order chi connectivity index (χ0) is 13.5. The van der Waals surface area contributed by atoms with Crippen molar-refractivity contribution in [2.75, 3.05) is 11.9 Å². The van der Waals surface area contributed by atoms with Gasteiger partial charge in [-0.05, 0) is 44.0 Å². The van der Waals surface area contributed by atoms with Gasteiger partial charge in [0, 0.05) is 12.7 Å². The van der Waals surface area contributed by atoms with Gasteiger partial charge in [-0.15, -0.1) is 0 Å². The molecule has 1 aliphatic rings. The van der Waals surface area contributed by atoms with Crippen LogP contribution in [-0.4, -0.2) is 23.7 Å². The molecule has 1 aromatic carbocycles. The van der Waals surface area contributed by atoms with E-state index in [1.54, 1.807) is 6.92 Å². The highest BCUT2D eigenvalue weighted by atomic mass is 16.4. The standard InChI is InChI=1S/C15H19NO2/c1-10(14(17)18)11-5-6-13-12(9-11)7-8-15(2,3)16(13)4/h5-10H,1-4H3,(H,17,18). The minimum atomic E-state index is -0.788. The molecule has 3 nitrogen and oxygen atoms in total. The lowest BCUT2D eigenvalue weighted by atomic mass is 9.91. The maximum absolute atomic E-state index is 11.0. The third-order valence-electron chi connectivity index (χ3n) is 3.82. The van der Waals surface area contributed by atoms with Crippen molar-refractivity contribution in [3.8, 4) is 0 Å². The van der Waals surface area contributed by atoms with Crippen molar-refractivity contribution in [3.63, 3.8) is 0 Å². The van der Waals surface area contributed by atoms with Crippen LogP contribution in [0.1, 0.15) is 37.8 Å². The van der Waals surface area contributed by atoms with Gasteiger partial charge in [-0.1, -0.05) is 18.2 Å². The zero-order valence-corrected chi connectivity index (χ0v) is 11.3. The van der Waals surface area contributed by atoms with Crippen molar-refractivity contribution in [1.29, 1.82) is 0 Å². The van der Waals surface area contributed by atoms with Gasteiger partial charge in [0.25, 0.3) is 0 Å². The minimum absolute atomic E-state index is 0.00701. The van der Waals surface area contributed by atoms with E-state index in [1.165, 1.54) is 0 Å². The van der Waals surface area contributed by atoms with E-state index in [4.69, 9.17) is 5.11 Å². The molecule has 1 N–H and O–H groups in total. The molecule has 18 heavy (non-hydrogen) atoms. The number of aliphatic carboxylic acids is 1. The first-order chi connectivity index (χ1) is 8.33. The second kappa shape index (κ2) is 4.16. The van der Waals surface area contributed by atoms with Crippen LogP contribution in [0, 0.1) is 0 Å². The molecule has 96 valence electrons. The van der Waals surface area contributed by atoms with Crippen LogP contribution >= 0.6 is 0 Å². The fourth-order valence-corrected chi connectivity index (χ4v) is 2.14. The smallest absolute Gasteiger partial charge is 0.310 e. The largest absolute Gasteiger partial charge is 0.481 e. The van der Waals surface area contributed by atoms with E-state index in [-0.39, 0.29) is 5.54 Å². The maximum Gasteiger partial charge on any atom is 0.310 e. The summed E-state index contributed by atoms with van der Waals surface area (Å²) in [5, 5.41) is 9.05. The summed E-state index contributed by atoms with van der Waals surface area (Å²) in [5.41, 5.74) is 3.07. The number of hydrogen-bond donors (Lipinski definition) is 1. The van der Waals surface area contributed by atoms with Gasteiger partial charge < -0.3 is 10.0 Å². The first-order valence-corrected chi connectivity index (χ1v) is 6.13. The minimum Gasteiger partial charge on any atom is -0.481 e. The lowest BCUT2D eigenvalue weighted by Crippen LogP contribution is -2.41. The summed E-state index contributed by atoms with van der Waals surface area (Å²) in [6, 6.07) is 5.88. The van der Waals surface area contributed by atoms with Crippen molar-refractivity contribution in [2.45, 2.75) is 32.2 Å². The van der Waals surface area contributed by atoms with Crippen molar-refractivity contribution < 1.29 is 9.90 Å². The fraction of sp³-hybridized carbons (Fsp3) is 0.400. The molecule has 0 saturated heterocycles. The van der Waals surface area contributed by atoms with E-state index >= 15 is 0 Å². The molecular formula is C15H19NO2. The van der Waals surface area contributed by atoms with Crippen molar-refractivity contribution in [1.82, 2.24) is 0 Å². The number of benzene rings is 1. The summed E-state index contributed by atoms with van der Waals surface area (Å²) in [4.78, 5) is 13.2. The molecule has 0 radical (unpaired) electrons. The molecule has 0 spiro atoms. The summed E-state index contributed by atoms with van der Waals surface area (Å²) in [6.07, 6.45) is 4.22. The highest BCUT2D eigenvalue weighted by Gasteiger charge is 2.26. The van der Waals surface area contributed by atoms with E-state index in [9.17, 15) is 4.79 Å². The third kappa shape index (κ3) is 2.01. The van der Waals surface area contributed by atoms with Crippen LogP contribution in [0.5, 0.6) is 0 Å². The Balaban J connectivity index is 2.44. The molecule has 0 aromatic heterocycles. The Kier molecular flexibility index (Phi) is 2.93. The Morgan fingerprint density at radius 3 is 2.67 bits per heavy atom. The Hall–Kier alpha value is -1.77. The Labute approximate surface area is 108 Å². The van der Waals surface area contributed by atoms with E-state index < -0.39 is 11.9 Å². The first kappa shape index (κ1) is 12.7. The molecular weight excluding hydrogens is 226 g/mol. The maximum atomic E-state index is 11.0. The molecule has 0 amide bonds. The van der Waals surface area contributed by atoms with E-state index in [0.717, 1.165) is 16.8 Å². The van der Waals surface area contributed by atoms with Gasteiger partial charge in [0.05, 0.1) is 11.5 Å². The first-order valence-electron chi connectivity index (χ1n) is 6.13. The normalized spacial score (nSPS) is 18.3. The Bertz CT molecular complexity index is 517. The molecule has 1 aromatic rings. The summed E-state index contributed by atoms with van der Waals surface area (Å²) >= 11 is 0. The van der Waals surface area contributed by atoms with E-state index in [2.05, 4.69) is 37.9 Å². The number of fused-ring (bicyclic) bond motifs is 1. The lowest BCUT2D eigenvalue weighted by molar-refractivity contribution is -0.138. The monoisotopic (exact) mass is 245 g/mol. The van der Waals surface area contributed by atoms with Crippen molar-refractivity contribution in [2.24, 2.45) is 0 Å². The van der Waals surface area contributed by atoms with Crippen LogP contribution in [0.4, 0.5) is 5.69 Å². The van der Waals surface area contributed by atoms with Crippen LogP contribution in [-0.2, 0) is 4.79 Å². The third-order valence-corrected chi connectivity index (χ3v) is 3.82. The van der Waals surface area contributed by atoms with E-state index in [0.29, 0.717) is 0 Å². The number of anilines is 1. The number of nitrogens with zero attached hydrogens (tertiary/aromatic N) is 1. The summed E-state index contributed by atoms with van der Waals surface area (Å²) in [6.45, 7) is 6.02. The summed E-state index contributed by atoms with van der Waals surface area (Å²) < 4.78 is 0. The molecule has 1 atom stereocenters. The van der Waals surface area contributed by atoms with Crippen LogP contribution < -0.4 is 4.90 Å². The highest BCUT2D eigenvalue weighted by molar-refractivity contribution is 5.79. The number of carboxylic acids is 1. The van der Waals surface area contributed by atoms with E-state index in [1.807, 2.05) is 18.2 Å². The molecule has 1 unspecified atom stereocenters. The molecule has 0 saturated carbocycles. The number of rotatable bonds is 2. The number of hydrogen-bond acceptors (Lipinski definition) is 2. The molecule has 0 bridgehead atoms. The molecule has 1 heterocycles. The van der Waals surface area contributed by atoms with Crippen LogP contribution in [0.25, 0.3) is 6.08 Å². The van der Waals surface area contributed by atoms with Crippen LogP contribution in [0.3, 0.4) is 0 Å². The number of carbonyl (C=O) groups is 1. The van der Waals surface area contributed by atoms with Gasteiger partial charge >= 0.3 is 5.97 Å². The molecule has 1 aliphatic heterocycles. The van der Waals surface area contributed by atoms with Crippen molar-refractivity contribution >= 4 is 17.7 Å². The quantitative estimate of drug-likeness (QED) is 0.870. The average Bonchev–Trinajstić information content (AvgIpc) is 2.33. The zero-order valence-electron chi connectivity index (χ0n) is 11.3. The Morgan fingerprint density at radius 1 is 1.39 bits per heavy atom. The number of likely N-dealkylation sites (N-methyl/N-ethyl adjacent to an activating group) is 1. The highest BCUT2D eigenvalue weighted by Crippen LogP contribution is 2.34. The number of carboxylic acid groups (broad SMARTS) is 1. The summed E-state index contributed by atoms with van der Waals surface area (Å²) in [7, 11) is 2.06.